The van der Waals surface area contributed by atoms with Crippen molar-refractivity contribution in [3.05, 3.63) is 0 Å². The molecule has 0 aromatic rings. The number of carbonyl (C=O) groups is 1. The summed E-state index contributed by atoms with van der Waals surface area (Å²) in [4.78, 5) is 11.3. The molecular formula is C10H19BrO3. The van der Waals surface area contributed by atoms with Gasteiger partial charge in [-0.2, -0.15) is 0 Å². The van der Waals surface area contributed by atoms with Gasteiger partial charge >= 0.3 is 5.97 Å². The van der Waals surface area contributed by atoms with Crippen LogP contribution in [0.2, 0.25) is 0 Å². The third kappa shape index (κ3) is 7.33. The van der Waals surface area contributed by atoms with Gasteiger partial charge < -0.3 is 9.47 Å². The topological polar surface area (TPSA) is 35.5 Å². The summed E-state index contributed by atoms with van der Waals surface area (Å²) in [6, 6.07) is 0. The van der Waals surface area contributed by atoms with Gasteiger partial charge in [-0.05, 0) is 26.2 Å². The number of hydrogen-bond donors (Lipinski definition) is 0. The molecule has 0 aromatic heterocycles. The van der Waals surface area contributed by atoms with Crippen LogP contribution in [0.4, 0.5) is 0 Å². The molecule has 0 rings (SSSR count). The standard InChI is InChI=1S/C10H19BrO3/c1-9(8-13-2)10(12)14-7-5-3-4-6-11/h9H,3-8H2,1-2H3. The van der Waals surface area contributed by atoms with Crippen LogP contribution >= 0.6 is 15.9 Å². The summed E-state index contributed by atoms with van der Waals surface area (Å²) >= 11 is 3.35. The molecule has 84 valence electrons. The maximum absolute atomic E-state index is 11.3. The highest BCUT2D eigenvalue weighted by Gasteiger charge is 2.13. The lowest BCUT2D eigenvalue weighted by Gasteiger charge is -2.09. The normalized spacial score (nSPS) is 12.5. The Morgan fingerprint density at radius 3 is 2.64 bits per heavy atom. The van der Waals surface area contributed by atoms with Gasteiger partial charge in [0.1, 0.15) is 0 Å². The monoisotopic (exact) mass is 266 g/mol. The van der Waals surface area contributed by atoms with E-state index < -0.39 is 0 Å². The summed E-state index contributed by atoms with van der Waals surface area (Å²) in [5.41, 5.74) is 0. The van der Waals surface area contributed by atoms with Gasteiger partial charge in [0, 0.05) is 12.4 Å². The zero-order chi connectivity index (χ0) is 10.8. The quantitative estimate of drug-likeness (QED) is 0.385. The molecule has 0 saturated heterocycles. The van der Waals surface area contributed by atoms with Gasteiger partial charge in [-0.25, -0.2) is 0 Å². The van der Waals surface area contributed by atoms with Gasteiger partial charge in [0.2, 0.25) is 0 Å². The smallest absolute Gasteiger partial charge is 0.310 e. The number of halogens is 1. The van der Waals surface area contributed by atoms with E-state index in [-0.39, 0.29) is 11.9 Å². The minimum Gasteiger partial charge on any atom is -0.465 e. The minimum atomic E-state index is -0.161. The zero-order valence-corrected chi connectivity index (χ0v) is 10.5. The summed E-state index contributed by atoms with van der Waals surface area (Å²) < 4.78 is 9.93. The fraction of sp³-hybridized carbons (Fsp3) is 0.900. The minimum absolute atomic E-state index is 0.156. The third-order valence-electron chi connectivity index (χ3n) is 1.84. The second-order valence-corrected chi connectivity index (χ2v) is 4.07. The van der Waals surface area contributed by atoms with E-state index in [0.29, 0.717) is 13.2 Å². The molecule has 0 spiro atoms. The second kappa shape index (κ2) is 9.46. The fourth-order valence-corrected chi connectivity index (χ4v) is 1.40. The molecule has 0 aliphatic carbocycles. The first kappa shape index (κ1) is 13.9. The van der Waals surface area contributed by atoms with E-state index in [1.165, 1.54) is 0 Å². The molecule has 0 N–H and O–H groups in total. The van der Waals surface area contributed by atoms with Gasteiger partial charge in [-0.1, -0.05) is 15.9 Å². The molecule has 1 unspecified atom stereocenters. The van der Waals surface area contributed by atoms with Crippen molar-refractivity contribution >= 4 is 21.9 Å². The molecule has 14 heavy (non-hydrogen) atoms. The van der Waals surface area contributed by atoms with Crippen molar-refractivity contribution < 1.29 is 14.3 Å². The van der Waals surface area contributed by atoms with E-state index in [1.54, 1.807) is 7.11 Å². The molecule has 0 heterocycles. The molecule has 1 atom stereocenters. The number of rotatable bonds is 8. The average molecular weight is 267 g/mol. The van der Waals surface area contributed by atoms with Crippen LogP contribution in [-0.2, 0) is 14.3 Å². The van der Waals surface area contributed by atoms with Crippen LogP contribution in [0.5, 0.6) is 0 Å². The lowest BCUT2D eigenvalue weighted by atomic mass is 10.2. The molecule has 0 aliphatic rings. The van der Waals surface area contributed by atoms with Gasteiger partial charge in [0.15, 0.2) is 0 Å². The molecule has 0 fully saturated rings. The van der Waals surface area contributed by atoms with Crippen molar-refractivity contribution in [3.8, 4) is 0 Å². The number of alkyl halides is 1. The van der Waals surface area contributed by atoms with E-state index >= 15 is 0 Å². The van der Waals surface area contributed by atoms with Crippen LogP contribution < -0.4 is 0 Å². The van der Waals surface area contributed by atoms with Crippen molar-refractivity contribution in [2.75, 3.05) is 25.7 Å². The van der Waals surface area contributed by atoms with Gasteiger partial charge in [0.25, 0.3) is 0 Å². The van der Waals surface area contributed by atoms with Crippen molar-refractivity contribution in [1.29, 1.82) is 0 Å². The van der Waals surface area contributed by atoms with Gasteiger partial charge in [-0.15, -0.1) is 0 Å². The third-order valence-corrected chi connectivity index (χ3v) is 2.40. The molecule has 0 saturated carbocycles. The number of ether oxygens (including phenoxy) is 2. The molecule has 0 aliphatic heterocycles. The Balaban J connectivity index is 3.34. The predicted octanol–water partition coefficient (Wildman–Crippen LogP) is 2.38. The molecule has 0 aromatic carbocycles. The number of methoxy groups -OCH3 is 1. The predicted molar refractivity (Wildman–Crippen MR) is 59.6 cm³/mol. The van der Waals surface area contributed by atoms with Gasteiger partial charge in [-0.3, -0.25) is 4.79 Å². The Morgan fingerprint density at radius 2 is 2.07 bits per heavy atom. The molecule has 0 amide bonds. The van der Waals surface area contributed by atoms with Crippen LogP contribution in [0, 0.1) is 5.92 Å². The Morgan fingerprint density at radius 1 is 1.36 bits per heavy atom. The highest BCUT2D eigenvalue weighted by atomic mass is 79.9. The molecular weight excluding hydrogens is 248 g/mol. The van der Waals surface area contributed by atoms with Crippen LogP contribution in [-0.4, -0.2) is 31.6 Å². The SMILES string of the molecule is COCC(C)C(=O)OCCCCCBr. The lowest BCUT2D eigenvalue weighted by molar-refractivity contribution is -0.149. The van der Waals surface area contributed by atoms with E-state index in [4.69, 9.17) is 9.47 Å². The number of carbonyl (C=O) groups excluding carboxylic acids is 1. The number of hydrogen-bond acceptors (Lipinski definition) is 3. The maximum Gasteiger partial charge on any atom is 0.310 e. The largest absolute Gasteiger partial charge is 0.465 e. The van der Waals surface area contributed by atoms with Gasteiger partial charge in [0.05, 0.1) is 19.1 Å². The maximum atomic E-state index is 11.3. The first-order valence-electron chi connectivity index (χ1n) is 4.94. The summed E-state index contributed by atoms with van der Waals surface area (Å²) in [5, 5.41) is 1.01. The fourth-order valence-electron chi connectivity index (χ4n) is 1.01. The Kier molecular flexibility index (Phi) is 9.40. The molecule has 0 bridgehead atoms. The van der Waals surface area contributed by atoms with Crippen LogP contribution in [0.15, 0.2) is 0 Å². The number of unbranched alkanes of at least 4 members (excludes halogenated alkanes) is 2. The summed E-state index contributed by atoms with van der Waals surface area (Å²) in [6.45, 7) is 2.77. The van der Waals surface area contributed by atoms with Crippen molar-refractivity contribution in [1.82, 2.24) is 0 Å². The van der Waals surface area contributed by atoms with Crippen molar-refractivity contribution in [2.24, 2.45) is 5.92 Å². The summed E-state index contributed by atoms with van der Waals surface area (Å²) in [6.07, 6.45) is 3.17. The molecule has 4 heteroatoms. The molecule has 3 nitrogen and oxygen atoms in total. The van der Waals surface area contributed by atoms with Crippen molar-refractivity contribution in [2.45, 2.75) is 26.2 Å². The van der Waals surface area contributed by atoms with E-state index in [9.17, 15) is 4.79 Å². The Bertz CT molecular complexity index is 150. The van der Waals surface area contributed by atoms with Crippen LogP contribution in [0.3, 0.4) is 0 Å². The number of esters is 1. The molecule has 0 radical (unpaired) electrons. The first-order valence-corrected chi connectivity index (χ1v) is 6.06. The Labute approximate surface area is 94.3 Å². The van der Waals surface area contributed by atoms with Crippen LogP contribution in [0.1, 0.15) is 26.2 Å². The second-order valence-electron chi connectivity index (χ2n) is 3.27. The highest BCUT2D eigenvalue weighted by molar-refractivity contribution is 9.09. The Hall–Kier alpha value is -0.0900. The lowest BCUT2D eigenvalue weighted by Crippen LogP contribution is -2.19. The summed E-state index contributed by atoms with van der Waals surface area (Å²) in [5.74, 6) is -0.318. The van der Waals surface area contributed by atoms with E-state index in [1.807, 2.05) is 6.92 Å². The van der Waals surface area contributed by atoms with Crippen molar-refractivity contribution in [3.63, 3.8) is 0 Å². The summed E-state index contributed by atoms with van der Waals surface area (Å²) in [7, 11) is 1.58. The highest BCUT2D eigenvalue weighted by Crippen LogP contribution is 2.02. The first-order chi connectivity index (χ1) is 6.72. The van der Waals surface area contributed by atoms with E-state index in [2.05, 4.69) is 15.9 Å². The van der Waals surface area contributed by atoms with Crippen LogP contribution in [0.25, 0.3) is 0 Å². The zero-order valence-electron chi connectivity index (χ0n) is 8.92. The average Bonchev–Trinajstić information content (AvgIpc) is 2.17. The van der Waals surface area contributed by atoms with E-state index in [0.717, 1.165) is 24.6 Å².